The largest absolute Gasteiger partial charge is 0.497 e. The van der Waals surface area contributed by atoms with E-state index in [1.165, 1.54) is 0 Å². The van der Waals surface area contributed by atoms with Crippen molar-refractivity contribution >= 4 is 23.4 Å². The van der Waals surface area contributed by atoms with E-state index in [9.17, 15) is 14.4 Å². The van der Waals surface area contributed by atoms with Gasteiger partial charge in [-0.2, -0.15) is 0 Å². The topological polar surface area (TPSA) is 70.2 Å². The summed E-state index contributed by atoms with van der Waals surface area (Å²) in [7, 11) is 1.59. The Hall–Kier alpha value is -2.57. The first-order valence-corrected chi connectivity index (χ1v) is 8.48. The van der Waals surface area contributed by atoms with E-state index in [1.54, 1.807) is 40.9 Å². The first-order chi connectivity index (χ1) is 12.0. The Kier molecular flexibility index (Phi) is 4.92. The molecule has 1 atom stereocenters. The molecule has 0 bridgehead atoms. The Morgan fingerprint density at radius 2 is 1.64 bits per heavy atom. The predicted octanol–water partition coefficient (Wildman–Crippen LogP) is 0.739. The number of hydrogen-bond donors (Lipinski definition) is 0. The fourth-order valence-electron chi connectivity index (χ4n) is 3.38. The van der Waals surface area contributed by atoms with Crippen LogP contribution in [0.15, 0.2) is 24.3 Å². The van der Waals surface area contributed by atoms with E-state index in [0.717, 1.165) is 11.4 Å². The average molecular weight is 345 g/mol. The third-order valence-corrected chi connectivity index (χ3v) is 4.90. The van der Waals surface area contributed by atoms with Gasteiger partial charge in [0.1, 0.15) is 5.75 Å². The van der Waals surface area contributed by atoms with Crippen LogP contribution in [0.2, 0.25) is 0 Å². The first kappa shape index (κ1) is 17.3. The van der Waals surface area contributed by atoms with E-state index in [0.29, 0.717) is 32.7 Å². The molecule has 1 aromatic rings. The summed E-state index contributed by atoms with van der Waals surface area (Å²) < 4.78 is 5.13. The molecular formula is C18H23N3O4. The standard InChI is InChI=1S/C18H23N3O4/c1-13(22)19-7-9-20(10-8-19)18(24)14-11-17(23)21(12-14)15-3-5-16(25-2)6-4-15/h3-6,14H,7-12H2,1-2H3/t14-/m0/s1. The van der Waals surface area contributed by atoms with Gasteiger partial charge in [-0.05, 0) is 24.3 Å². The second-order valence-electron chi connectivity index (χ2n) is 6.43. The maximum Gasteiger partial charge on any atom is 0.228 e. The van der Waals surface area contributed by atoms with Crippen LogP contribution in [0.5, 0.6) is 5.75 Å². The maximum absolute atomic E-state index is 12.7. The normalized spacial score (nSPS) is 20.8. The van der Waals surface area contributed by atoms with Crippen molar-refractivity contribution in [2.24, 2.45) is 5.92 Å². The van der Waals surface area contributed by atoms with Gasteiger partial charge in [0, 0.05) is 51.8 Å². The summed E-state index contributed by atoms with van der Waals surface area (Å²) in [5.74, 6) is 0.414. The minimum atomic E-state index is -0.321. The van der Waals surface area contributed by atoms with Gasteiger partial charge in [-0.25, -0.2) is 0 Å². The minimum Gasteiger partial charge on any atom is -0.497 e. The van der Waals surface area contributed by atoms with E-state index in [-0.39, 0.29) is 30.1 Å². The van der Waals surface area contributed by atoms with Crippen LogP contribution in [0.3, 0.4) is 0 Å². The molecule has 2 fully saturated rings. The highest BCUT2D eigenvalue weighted by molar-refractivity contribution is 6.00. The summed E-state index contributed by atoms with van der Waals surface area (Å²) in [6.45, 7) is 4.13. The monoisotopic (exact) mass is 345 g/mol. The summed E-state index contributed by atoms with van der Waals surface area (Å²) in [6, 6.07) is 7.27. The van der Waals surface area contributed by atoms with Gasteiger partial charge in [0.15, 0.2) is 0 Å². The minimum absolute atomic E-state index is 0.00700. The van der Waals surface area contributed by atoms with Crippen LogP contribution in [0.25, 0.3) is 0 Å². The fraction of sp³-hybridized carbons (Fsp3) is 0.500. The number of piperazine rings is 1. The highest BCUT2D eigenvalue weighted by atomic mass is 16.5. The number of anilines is 1. The molecule has 3 rings (SSSR count). The lowest BCUT2D eigenvalue weighted by Crippen LogP contribution is -2.51. The molecule has 0 unspecified atom stereocenters. The summed E-state index contributed by atoms with van der Waals surface area (Å²) >= 11 is 0. The molecule has 2 aliphatic rings. The van der Waals surface area contributed by atoms with Gasteiger partial charge >= 0.3 is 0 Å². The Morgan fingerprint density at radius 3 is 2.20 bits per heavy atom. The summed E-state index contributed by atoms with van der Waals surface area (Å²) in [5, 5.41) is 0. The number of amides is 3. The van der Waals surface area contributed by atoms with E-state index in [4.69, 9.17) is 4.74 Å². The molecule has 0 aliphatic carbocycles. The van der Waals surface area contributed by atoms with Crippen LogP contribution < -0.4 is 9.64 Å². The number of ether oxygens (including phenoxy) is 1. The molecule has 2 heterocycles. The third-order valence-electron chi connectivity index (χ3n) is 4.90. The quantitative estimate of drug-likeness (QED) is 0.810. The average Bonchev–Trinajstić information content (AvgIpc) is 3.03. The van der Waals surface area contributed by atoms with Crippen LogP contribution >= 0.6 is 0 Å². The number of carbonyl (C=O) groups excluding carboxylic acids is 3. The van der Waals surface area contributed by atoms with Crippen LogP contribution in [0.4, 0.5) is 5.69 Å². The molecule has 7 nitrogen and oxygen atoms in total. The van der Waals surface area contributed by atoms with Crippen molar-refractivity contribution < 1.29 is 19.1 Å². The number of carbonyl (C=O) groups is 3. The second kappa shape index (κ2) is 7.13. The summed E-state index contributed by atoms with van der Waals surface area (Å²) in [6.07, 6.45) is 0.234. The lowest BCUT2D eigenvalue weighted by Gasteiger charge is -2.35. The lowest BCUT2D eigenvalue weighted by atomic mass is 10.1. The molecule has 1 aromatic carbocycles. The molecule has 0 spiro atoms. The summed E-state index contributed by atoms with van der Waals surface area (Å²) in [4.78, 5) is 41.6. The third kappa shape index (κ3) is 3.60. The molecular weight excluding hydrogens is 322 g/mol. The van der Waals surface area contributed by atoms with Gasteiger partial charge in [0.05, 0.1) is 13.0 Å². The molecule has 0 N–H and O–H groups in total. The van der Waals surface area contributed by atoms with Crippen molar-refractivity contribution in [2.45, 2.75) is 13.3 Å². The van der Waals surface area contributed by atoms with Gasteiger partial charge in [-0.15, -0.1) is 0 Å². The van der Waals surface area contributed by atoms with Crippen LogP contribution in [0.1, 0.15) is 13.3 Å². The van der Waals surface area contributed by atoms with Crippen molar-refractivity contribution in [3.63, 3.8) is 0 Å². The Labute approximate surface area is 147 Å². The van der Waals surface area contributed by atoms with E-state index in [2.05, 4.69) is 0 Å². The smallest absolute Gasteiger partial charge is 0.228 e. The lowest BCUT2D eigenvalue weighted by molar-refractivity contribution is -0.141. The van der Waals surface area contributed by atoms with E-state index < -0.39 is 0 Å². The molecule has 0 radical (unpaired) electrons. The van der Waals surface area contributed by atoms with Crippen molar-refractivity contribution in [2.75, 3.05) is 44.7 Å². The second-order valence-corrected chi connectivity index (χ2v) is 6.43. The van der Waals surface area contributed by atoms with Gasteiger partial charge in [0.25, 0.3) is 0 Å². The Balaban J connectivity index is 1.62. The fourth-order valence-corrected chi connectivity index (χ4v) is 3.38. The first-order valence-electron chi connectivity index (χ1n) is 8.48. The predicted molar refractivity (Wildman–Crippen MR) is 92.3 cm³/mol. The molecule has 0 aromatic heterocycles. The molecule has 3 amide bonds. The summed E-state index contributed by atoms with van der Waals surface area (Å²) in [5.41, 5.74) is 0.780. The van der Waals surface area contributed by atoms with Crippen LogP contribution in [-0.2, 0) is 14.4 Å². The molecule has 25 heavy (non-hydrogen) atoms. The Bertz CT molecular complexity index is 665. The van der Waals surface area contributed by atoms with E-state index >= 15 is 0 Å². The van der Waals surface area contributed by atoms with Gasteiger partial charge in [-0.3, -0.25) is 14.4 Å². The number of hydrogen-bond acceptors (Lipinski definition) is 4. The number of methoxy groups -OCH3 is 1. The maximum atomic E-state index is 12.7. The zero-order valence-electron chi connectivity index (χ0n) is 14.6. The van der Waals surface area contributed by atoms with Gasteiger partial charge in [-0.1, -0.05) is 0 Å². The SMILES string of the molecule is COc1ccc(N2C[C@@H](C(=O)N3CCN(C(C)=O)CC3)CC2=O)cc1. The zero-order chi connectivity index (χ0) is 18.0. The number of rotatable bonds is 3. The molecule has 2 saturated heterocycles. The van der Waals surface area contributed by atoms with Crippen molar-refractivity contribution in [3.8, 4) is 5.75 Å². The number of nitrogens with zero attached hydrogens (tertiary/aromatic N) is 3. The molecule has 134 valence electrons. The molecule has 2 aliphatic heterocycles. The zero-order valence-corrected chi connectivity index (χ0v) is 14.6. The molecule has 0 saturated carbocycles. The van der Waals surface area contributed by atoms with Crippen molar-refractivity contribution in [1.82, 2.24) is 9.80 Å². The number of benzene rings is 1. The Morgan fingerprint density at radius 1 is 1.04 bits per heavy atom. The van der Waals surface area contributed by atoms with Crippen LogP contribution in [-0.4, -0.2) is 67.4 Å². The molecule has 7 heteroatoms. The van der Waals surface area contributed by atoms with Gasteiger partial charge < -0.3 is 19.4 Å². The highest BCUT2D eigenvalue weighted by Crippen LogP contribution is 2.28. The van der Waals surface area contributed by atoms with Crippen molar-refractivity contribution in [1.29, 1.82) is 0 Å². The van der Waals surface area contributed by atoms with Gasteiger partial charge in [0.2, 0.25) is 17.7 Å². The van der Waals surface area contributed by atoms with Crippen molar-refractivity contribution in [3.05, 3.63) is 24.3 Å². The van der Waals surface area contributed by atoms with Crippen LogP contribution in [0, 0.1) is 5.92 Å². The van der Waals surface area contributed by atoms with E-state index in [1.807, 2.05) is 12.1 Å². The highest BCUT2D eigenvalue weighted by Gasteiger charge is 2.38.